The van der Waals surface area contributed by atoms with Crippen molar-refractivity contribution in [2.75, 3.05) is 16.4 Å². The first-order valence-electron chi connectivity index (χ1n) is 10.9. The average Bonchev–Trinajstić information content (AvgIpc) is 3.41. The van der Waals surface area contributed by atoms with E-state index in [0.717, 1.165) is 36.2 Å². The summed E-state index contributed by atoms with van der Waals surface area (Å²) in [4.78, 5) is 20.8. The summed E-state index contributed by atoms with van der Waals surface area (Å²) in [6.07, 6.45) is 6.42. The van der Waals surface area contributed by atoms with Crippen LogP contribution in [-0.4, -0.2) is 25.7 Å². The summed E-state index contributed by atoms with van der Waals surface area (Å²) in [6.45, 7) is 4.05. The third-order valence-electron chi connectivity index (χ3n) is 5.99. The van der Waals surface area contributed by atoms with Crippen molar-refractivity contribution in [3.63, 3.8) is 0 Å². The summed E-state index contributed by atoms with van der Waals surface area (Å²) in [5.74, 6) is 0.175. The number of benzene rings is 1. The van der Waals surface area contributed by atoms with Gasteiger partial charge < -0.3 is 20.1 Å². The molecule has 1 aromatic carbocycles. The monoisotopic (exact) mass is 449 g/mol. The summed E-state index contributed by atoms with van der Waals surface area (Å²) < 4.78 is 22.1. The highest BCUT2D eigenvalue weighted by atomic mass is 19.1. The predicted molar refractivity (Wildman–Crippen MR) is 123 cm³/mol. The SMILES string of the molecule is CCC(C)c1cc(NC(=O)Nc2ccc(-c3cn(C4CC4)c4ncnc(N)c34)cc2F)on1. The molecule has 0 aliphatic heterocycles. The molecule has 1 aliphatic rings. The lowest BCUT2D eigenvalue weighted by molar-refractivity contribution is 0.261. The second-order valence-electron chi connectivity index (χ2n) is 8.34. The molecule has 33 heavy (non-hydrogen) atoms. The summed E-state index contributed by atoms with van der Waals surface area (Å²) in [5.41, 5.74) is 9.03. The topological polar surface area (TPSA) is 124 Å². The summed E-state index contributed by atoms with van der Waals surface area (Å²) in [6, 6.07) is 6.01. The molecule has 9 nitrogen and oxygen atoms in total. The smallest absolute Gasteiger partial charge is 0.326 e. The van der Waals surface area contributed by atoms with Crippen molar-refractivity contribution in [3.8, 4) is 11.1 Å². The van der Waals surface area contributed by atoms with Gasteiger partial charge >= 0.3 is 6.03 Å². The van der Waals surface area contributed by atoms with Crippen molar-refractivity contribution in [2.45, 2.75) is 45.1 Å². The molecule has 1 saturated carbocycles. The van der Waals surface area contributed by atoms with Crippen molar-refractivity contribution >= 4 is 34.5 Å². The van der Waals surface area contributed by atoms with Gasteiger partial charge in [0.05, 0.1) is 16.8 Å². The number of anilines is 3. The van der Waals surface area contributed by atoms with Crippen LogP contribution in [-0.2, 0) is 0 Å². The van der Waals surface area contributed by atoms with Crippen LogP contribution >= 0.6 is 0 Å². The zero-order valence-electron chi connectivity index (χ0n) is 18.3. The Morgan fingerprint density at radius 2 is 2.12 bits per heavy atom. The van der Waals surface area contributed by atoms with E-state index in [2.05, 4.69) is 30.3 Å². The minimum Gasteiger partial charge on any atom is -0.383 e. The van der Waals surface area contributed by atoms with E-state index >= 15 is 0 Å². The Morgan fingerprint density at radius 1 is 1.30 bits per heavy atom. The number of hydrogen-bond donors (Lipinski definition) is 3. The number of nitrogens with one attached hydrogen (secondary N) is 2. The lowest BCUT2D eigenvalue weighted by Gasteiger charge is -2.08. The van der Waals surface area contributed by atoms with Gasteiger partial charge in [-0.05, 0) is 37.0 Å². The first-order valence-corrected chi connectivity index (χ1v) is 10.9. The van der Waals surface area contributed by atoms with Crippen LogP contribution in [0.25, 0.3) is 22.2 Å². The molecular formula is C23H24FN7O2. The molecule has 170 valence electrons. The molecule has 0 bridgehead atoms. The van der Waals surface area contributed by atoms with Crippen LogP contribution in [0.5, 0.6) is 0 Å². The molecule has 1 aliphatic carbocycles. The Labute approximate surface area is 189 Å². The van der Waals surface area contributed by atoms with Crippen LogP contribution in [0, 0.1) is 5.82 Å². The molecule has 1 atom stereocenters. The fraction of sp³-hybridized carbons (Fsp3) is 0.304. The van der Waals surface area contributed by atoms with E-state index in [1.165, 1.54) is 18.5 Å². The van der Waals surface area contributed by atoms with Gasteiger partial charge in [-0.3, -0.25) is 5.32 Å². The molecule has 0 radical (unpaired) electrons. The molecule has 0 saturated heterocycles. The number of urea groups is 1. The maximum absolute atomic E-state index is 14.9. The largest absolute Gasteiger partial charge is 0.383 e. The Bertz CT molecular complexity index is 1340. The molecule has 2 amide bonds. The van der Waals surface area contributed by atoms with Crippen LogP contribution in [0.15, 0.2) is 41.3 Å². The number of amides is 2. The van der Waals surface area contributed by atoms with Gasteiger partial charge in [-0.15, -0.1) is 0 Å². The molecule has 1 fully saturated rings. The molecule has 3 heterocycles. The molecular weight excluding hydrogens is 425 g/mol. The average molecular weight is 449 g/mol. The minimum atomic E-state index is -0.628. The zero-order valence-corrected chi connectivity index (χ0v) is 18.3. The molecule has 3 aromatic heterocycles. The number of hydrogen-bond acceptors (Lipinski definition) is 6. The molecule has 0 spiro atoms. The summed E-state index contributed by atoms with van der Waals surface area (Å²) in [5, 5.41) is 9.69. The maximum atomic E-state index is 14.9. The minimum absolute atomic E-state index is 0.0352. The normalized spacial score (nSPS) is 14.4. The first-order chi connectivity index (χ1) is 15.9. The van der Waals surface area contributed by atoms with Crippen molar-refractivity contribution in [1.82, 2.24) is 19.7 Å². The fourth-order valence-electron chi connectivity index (χ4n) is 3.80. The molecule has 1 unspecified atom stereocenters. The molecule has 10 heteroatoms. The molecule has 4 N–H and O–H groups in total. The van der Waals surface area contributed by atoms with Gasteiger partial charge in [0.25, 0.3) is 0 Å². The van der Waals surface area contributed by atoms with Gasteiger partial charge in [0.1, 0.15) is 23.6 Å². The van der Waals surface area contributed by atoms with Crippen molar-refractivity contribution < 1.29 is 13.7 Å². The highest BCUT2D eigenvalue weighted by molar-refractivity contribution is 6.02. The van der Waals surface area contributed by atoms with E-state index in [0.29, 0.717) is 22.8 Å². The number of carbonyl (C=O) groups excluding carboxylic acids is 1. The van der Waals surface area contributed by atoms with E-state index in [1.54, 1.807) is 12.1 Å². The van der Waals surface area contributed by atoms with Crippen LogP contribution in [0.1, 0.15) is 50.8 Å². The van der Waals surface area contributed by atoms with E-state index in [4.69, 9.17) is 10.3 Å². The number of rotatable bonds is 6. The number of aromatic nitrogens is 4. The Balaban J connectivity index is 1.37. The lowest BCUT2D eigenvalue weighted by atomic mass is 10.1. The lowest BCUT2D eigenvalue weighted by Crippen LogP contribution is -2.19. The molecule has 4 aromatic rings. The van der Waals surface area contributed by atoms with E-state index in [-0.39, 0.29) is 17.5 Å². The quantitative estimate of drug-likeness (QED) is 0.367. The van der Waals surface area contributed by atoms with Crippen molar-refractivity contribution in [3.05, 3.63) is 48.3 Å². The zero-order chi connectivity index (χ0) is 23.1. The number of halogens is 1. The van der Waals surface area contributed by atoms with Gasteiger partial charge in [0, 0.05) is 29.8 Å². The standard InChI is InChI=1S/C23H24FN7O2/c1-3-12(2)18-9-19(33-30-18)29-23(32)28-17-7-4-13(8-16(17)24)15-10-31(14-5-6-14)22-20(15)21(25)26-11-27-22/h4,7-12,14H,3,5-6H2,1-2H3,(H2,25,26,27)(H2,28,29,32). The third kappa shape index (κ3) is 3.99. The second-order valence-corrected chi connectivity index (χ2v) is 8.34. The van der Waals surface area contributed by atoms with Gasteiger partial charge in [0.2, 0.25) is 5.88 Å². The number of nitrogens with two attached hydrogens (primary N) is 1. The molecule has 5 rings (SSSR count). The Kier molecular flexibility index (Phi) is 5.20. The van der Waals surface area contributed by atoms with Crippen LogP contribution in [0.4, 0.5) is 26.6 Å². The highest BCUT2D eigenvalue weighted by Crippen LogP contribution is 2.42. The number of carbonyl (C=O) groups is 1. The summed E-state index contributed by atoms with van der Waals surface area (Å²) in [7, 11) is 0. The Morgan fingerprint density at radius 3 is 2.85 bits per heavy atom. The van der Waals surface area contributed by atoms with Gasteiger partial charge in [-0.25, -0.2) is 19.2 Å². The number of fused-ring (bicyclic) bond motifs is 1. The Hall–Kier alpha value is -3.95. The van der Waals surface area contributed by atoms with E-state index < -0.39 is 11.8 Å². The van der Waals surface area contributed by atoms with Crippen LogP contribution in [0.2, 0.25) is 0 Å². The van der Waals surface area contributed by atoms with Gasteiger partial charge in [-0.1, -0.05) is 25.1 Å². The second kappa shape index (κ2) is 8.19. The van der Waals surface area contributed by atoms with Crippen molar-refractivity contribution in [1.29, 1.82) is 0 Å². The third-order valence-corrected chi connectivity index (χ3v) is 5.99. The highest BCUT2D eigenvalue weighted by Gasteiger charge is 2.28. The van der Waals surface area contributed by atoms with Crippen LogP contribution in [0.3, 0.4) is 0 Å². The van der Waals surface area contributed by atoms with Crippen molar-refractivity contribution in [2.24, 2.45) is 0 Å². The number of nitrogen functional groups attached to an aromatic ring is 1. The van der Waals surface area contributed by atoms with Crippen LogP contribution < -0.4 is 16.4 Å². The van der Waals surface area contributed by atoms with Gasteiger partial charge in [0.15, 0.2) is 0 Å². The fourth-order valence-corrected chi connectivity index (χ4v) is 3.80. The first kappa shape index (κ1) is 20.9. The predicted octanol–water partition coefficient (Wildman–Crippen LogP) is 5.30. The van der Waals surface area contributed by atoms with Gasteiger partial charge in [-0.2, -0.15) is 0 Å². The number of nitrogens with zero attached hydrogens (tertiary/aromatic N) is 4. The van der Waals surface area contributed by atoms with E-state index in [1.807, 2.05) is 20.0 Å². The van der Waals surface area contributed by atoms with E-state index in [9.17, 15) is 9.18 Å². The summed E-state index contributed by atoms with van der Waals surface area (Å²) >= 11 is 0. The maximum Gasteiger partial charge on any atom is 0.326 e.